The average Bonchev–Trinajstić information content (AvgIpc) is 3.15. The minimum atomic E-state index is 0.559. The topological polar surface area (TPSA) is 69.4 Å². The summed E-state index contributed by atoms with van der Waals surface area (Å²) in [5.41, 5.74) is 14.7. The molecule has 4 N–H and O–H groups in total. The van der Waals surface area contributed by atoms with E-state index in [1.807, 2.05) is 6.08 Å². The Morgan fingerprint density at radius 1 is 1.16 bits per heavy atom. The first-order valence-electron chi connectivity index (χ1n) is 12.0. The highest BCUT2D eigenvalue weighted by Gasteiger charge is 2.17. The van der Waals surface area contributed by atoms with E-state index in [1.54, 1.807) is 0 Å². The number of nitrogens with two attached hydrogens (primary N) is 1. The molecule has 2 aromatic rings. The lowest BCUT2D eigenvalue weighted by Gasteiger charge is -2.26. The number of aromatic nitrogens is 1. The maximum atomic E-state index is 6.17. The Bertz CT molecular complexity index is 1110. The minimum Gasteiger partial charge on any atom is -0.384 e. The number of nitrogens with one attached hydrogen (secondary N) is 2. The standard InChI is InChI=1S/C27H37N5/c1-5-18(2)20(4)29-27-19(3)23(10-12-26(28)31-27)25-16-22-15-21(9-11-24(22)30-25)17-32-13-7-6-8-14-32/h9,11-12,15-16,30H,5-8,10,13-14,17,28H2,1-4H3,(H,29,31)/b20-18-. The van der Waals surface area contributed by atoms with E-state index in [4.69, 9.17) is 5.73 Å². The van der Waals surface area contributed by atoms with Crippen LogP contribution in [0.4, 0.5) is 0 Å². The number of hydrogen-bond acceptors (Lipinski definition) is 4. The van der Waals surface area contributed by atoms with Gasteiger partial charge in [0, 0.05) is 28.8 Å². The number of nitrogens with zero attached hydrogens (tertiary/aromatic N) is 2. The van der Waals surface area contributed by atoms with Crippen LogP contribution in [0.1, 0.15) is 71.1 Å². The number of amidine groups is 1. The van der Waals surface area contributed by atoms with Crippen molar-refractivity contribution in [2.45, 2.75) is 66.3 Å². The van der Waals surface area contributed by atoms with Crippen molar-refractivity contribution in [3.8, 4) is 0 Å². The van der Waals surface area contributed by atoms with Crippen molar-refractivity contribution in [2.24, 2.45) is 10.7 Å². The third-order valence-corrected chi connectivity index (χ3v) is 6.91. The normalized spacial score (nSPS) is 18.9. The summed E-state index contributed by atoms with van der Waals surface area (Å²) in [6.07, 6.45) is 7.80. The van der Waals surface area contributed by atoms with Gasteiger partial charge in [0.05, 0.1) is 0 Å². The zero-order valence-electron chi connectivity index (χ0n) is 20.0. The van der Waals surface area contributed by atoms with E-state index in [2.05, 4.69) is 72.2 Å². The van der Waals surface area contributed by atoms with Crippen molar-refractivity contribution in [2.75, 3.05) is 13.1 Å². The molecule has 0 radical (unpaired) electrons. The van der Waals surface area contributed by atoms with Gasteiger partial charge in [0.1, 0.15) is 11.7 Å². The lowest BCUT2D eigenvalue weighted by atomic mass is 10.0. The minimum absolute atomic E-state index is 0.559. The number of aliphatic imine (C=N–C) groups is 1. The van der Waals surface area contributed by atoms with Gasteiger partial charge in [-0.2, -0.15) is 0 Å². The fourth-order valence-electron chi connectivity index (χ4n) is 4.56. The predicted octanol–water partition coefficient (Wildman–Crippen LogP) is 5.82. The van der Waals surface area contributed by atoms with Crippen LogP contribution >= 0.6 is 0 Å². The van der Waals surface area contributed by atoms with Gasteiger partial charge in [-0.1, -0.05) is 25.0 Å². The fraction of sp³-hybridized carbons (Fsp3) is 0.444. The predicted molar refractivity (Wildman–Crippen MR) is 136 cm³/mol. The van der Waals surface area contributed by atoms with Crippen LogP contribution in [0, 0.1) is 0 Å². The molecule has 4 rings (SSSR count). The number of H-pyrrole nitrogens is 1. The molecule has 3 heterocycles. The molecule has 0 saturated carbocycles. The monoisotopic (exact) mass is 431 g/mol. The molecule has 1 aromatic carbocycles. The van der Waals surface area contributed by atoms with E-state index >= 15 is 0 Å². The highest BCUT2D eigenvalue weighted by atomic mass is 15.1. The molecule has 0 atom stereocenters. The van der Waals surface area contributed by atoms with Crippen LogP contribution in [-0.2, 0) is 6.54 Å². The molecule has 5 heteroatoms. The van der Waals surface area contributed by atoms with Crippen molar-refractivity contribution in [3.63, 3.8) is 0 Å². The molecule has 0 aliphatic carbocycles. The number of fused-ring (bicyclic) bond motifs is 1. The van der Waals surface area contributed by atoms with Gasteiger partial charge in [0.15, 0.2) is 0 Å². The van der Waals surface area contributed by atoms with Crippen molar-refractivity contribution in [3.05, 3.63) is 64.3 Å². The Hall–Kier alpha value is -2.79. The Labute approximate surface area is 192 Å². The molecular weight excluding hydrogens is 394 g/mol. The third-order valence-electron chi connectivity index (χ3n) is 6.91. The Kier molecular flexibility index (Phi) is 6.85. The van der Waals surface area contributed by atoms with Gasteiger partial charge in [-0.15, -0.1) is 0 Å². The number of rotatable bonds is 5. The molecule has 170 valence electrons. The summed E-state index contributed by atoms with van der Waals surface area (Å²) >= 11 is 0. The largest absolute Gasteiger partial charge is 0.384 e. The number of piperidine rings is 1. The number of aromatic amines is 1. The molecule has 5 nitrogen and oxygen atoms in total. The lowest BCUT2D eigenvalue weighted by molar-refractivity contribution is 0.221. The van der Waals surface area contributed by atoms with Crippen LogP contribution in [0.15, 0.2) is 58.0 Å². The summed E-state index contributed by atoms with van der Waals surface area (Å²) in [5, 5.41) is 4.77. The second-order valence-corrected chi connectivity index (χ2v) is 9.22. The van der Waals surface area contributed by atoms with Gasteiger partial charge in [-0.25, -0.2) is 4.99 Å². The van der Waals surface area contributed by atoms with Crippen molar-refractivity contribution >= 4 is 22.3 Å². The SMILES string of the molecule is CC/C(C)=C(/C)NC1=NC(N)=CCC(c2cc3cc(CN4CCCCC4)ccc3[nH]2)=C1C. The van der Waals surface area contributed by atoms with Gasteiger partial charge in [0.25, 0.3) is 0 Å². The molecular formula is C27H37N5. The van der Waals surface area contributed by atoms with E-state index in [0.717, 1.165) is 42.2 Å². The number of allylic oxidation sites excluding steroid dienone is 4. The number of hydrogen-bond donors (Lipinski definition) is 3. The molecule has 0 spiro atoms. The van der Waals surface area contributed by atoms with Gasteiger partial charge < -0.3 is 16.0 Å². The van der Waals surface area contributed by atoms with Gasteiger partial charge in [-0.05, 0) is 101 Å². The first-order chi connectivity index (χ1) is 15.4. The maximum Gasteiger partial charge on any atom is 0.135 e. The highest BCUT2D eigenvalue weighted by molar-refractivity contribution is 6.06. The van der Waals surface area contributed by atoms with Crippen LogP contribution in [0.3, 0.4) is 0 Å². The van der Waals surface area contributed by atoms with Gasteiger partial charge in [-0.3, -0.25) is 4.90 Å². The first-order valence-corrected chi connectivity index (χ1v) is 12.0. The molecule has 1 aromatic heterocycles. The van der Waals surface area contributed by atoms with Gasteiger partial charge in [0.2, 0.25) is 0 Å². The Morgan fingerprint density at radius 3 is 2.69 bits per heavy atom. The molecule has 32 heavy (non-hydrogen) atoms. The molecule has 1 fully saturated rings. The third kappa shape index (κ3) is 4.99. The quantitative estimate of drug-likeness (QED) is 0.558. The summed E-state index contributed by atoms with van der Waals surface area (Å²) in [7, 11) is 0. The highest BCUT2D eigenvalue weighted by Crippen LogP contribution is 2.29. The van der Waals surface area contributed by atoms with Crippen molar-refractivity contribution in [1.82, 2.24) is 15.2 Å². The molecule has 2 aliphatic rings. The van der Waals surface area contributed by atoms with Crippen LogP contribution in [-0.4, -0.2) is 28.8 Å². The van der Waals surface area contributed by atoms with Gasteiger partial charge >= 0.3 is 0 Å². The van der Waals surface area contributed by atoms with E-state index in [9.17, 15) is 0 Å². The summed E-state index contributed by atoms with van der Waals surface area (Å²) in [5.74, 6) is 1.39. The fourth-order valence-corrected chi connectivity index (χ4v) is 4.56. The van der Waals surface area contributed by atoms with Crippen LogP contribution < -0.4 is 11.1 Å². The first kappa shape index (κ1) is 22.4. The van der Waals surface area contributed by atoms with E-state index in [0.29, 0.717) is 5.82 Å². The second-order valence-electron chi connectivity index (χ2n) is 9.22. The number of likely N-dealkylation sites (tertiary alicyclic amines) is 1. The number of benzene rings is 1. The second kappa shape index (κ2) is 9.78. The molecule has 0 bridgehead atoms. The zero-order chi connectivity index (χ0) is 22.7. The van der Waals surface area contributed by atoms with E-state index < -0.39 is 0 Å². The summed E-state index contributed by atoms with van der Waals surface area (Å²) in [4.78, 5) is 10.9. The lowest BCUT2D eigenvalue weighted by Crippen LogP contribution is -2.28. The Morgan fingerprint density at radius 2 is 1.94 bits per heavy atom. The van der Waals surface area contributed by atoms with Crippen molar-refractivity contribution in [1.29, 1.82) is 0 Å². The molecule has 0 unspecified atom stereocenters. The van der Waals surface area contributed by atoms with Crippen LogP contribution in [0.25, 0.3) is 16.5 Å². The summed E-state index contributed by atoms with van der Waals surface area (Å²) in [6, 6.07) is 9.10. The zero-order valence-corrected chi connectivity index (χ0v) is 20.0. The van der Waals surface area contributed by atoms with E-state index in [1.165, 1.54) is 60.0 Å². The average molecular weight is 432 g/mol. The molecule has 2 aliphatic heterocycles. The molecule has 1 saturated heterocycles. The summed E-state index contributed by atoms with van der Waals surface area (Å²) in [6.45, 7) is 12.0. The van der Waals surface area contributed by atoms with Crippen LogP contribution in [0.2, 0.25) is 0 Å². The maximum absolute atomic E-state index is 6.17. The smallest absolute Gasteiger partial charge is 0.135 e. The van der Waals surface area contributed by atoms with Crippen LogP contribution in [0.5, 0.6) is 0 Å². The van der Waals surface area contributed by atoms with Crippen molar-refractivity contribution < 1.29 is 0 Å². The molecule has 0 amide bonds. The Balaban J connectivity index is 1.64. The summed E-state index contributed by atoms with van der Waals surface area (Å²) < 4.78 is 0. The van der Waals surface area contributed by atoms with E-state index in [-0.39, 0.29) is 0 Å².